The highest BCUT2D eigenvalue weighted by Crippen LogP contribution is 2.22. The second kappa shape index (κ2) is 4.08. The Kier molecular flexibility index (Phi) is 2.56. The van der Waals surface area contributed by atoms with Crippen molar-refractivity contribution in [3.8, 4) is 0 Å². The van der Waals surface area contributed by atoms with Crippen molar-refractivity contribution < 1.29 is 0 Å². The van der Waals surface area contributed by atoms with Crippen molar-refractivity contribution >= 4 is 16.6 Å². The second-order valence-electron chi connectivity index (χ2n) is 5.06. The van der Waals surface area contributed by atoms with E-state index in [-0.39, 0.29) is 0 Å². The van der Waals surface area contributed by atoms with Crippen LogP contribution in [0.15, 0.2) is 30.5 Å². The summed E-state index contributed by atoms with van der Waals surface area (Å²) in [5.41, 5.74) is 7.93. The summed E-state index contributed by atoms with van der Waals surface area (Å²) in [6.07, 6.45) is 4.81. The number of nitrogens with zero attached hydrogens (tertiary/aromatic N) is 2. The van der Waals surface area contributed by atoms with Gasteiger partial charge >= 0.3 is 0 Å². The van der Waals surface area contributed by atoms with Gasteiger partial charge in [0.05, 0.1) is 0 Å². The Morgan fingerprint density at radius 3 is 3.00 bits per heavy atom. The first-order valence-corrected chi connectivity index (χ1v) is 6.28. The summed E-state index contributed by atoms with van der Waals surface area (Å²) >= 11 is 0. The lowest BCUT2D eigenvalue weighted by Crippen LogP contribution is -2.28. The molecule has 90 valence electrons. The molecule has 2 aromatic rings. The topological polar surface area (TPSA) is 34.2 Å². The number of nitrogen functional groups attached to an aromatic ring is 1. The van der Waals surface area contributed by atoms with Gasteiger partial charge in [-0.05, 0) is 50.7 Å². The molecular weight excluding hydrogens is 210 g/mol. The van der Waals surface area contributed by atoms with Crippen molar-refractivity contribution in [3.63, 3.8) is 0 Å². The molecule has 0 radical (unpaired) electrons. The average Bonchev–Trinajstić information content (AvgIpc) is 2.87. The molecule has 1 atom stereocenters. The third-order valence-corrected chi connectivity index (χ3v) is 3.87. The molecule has 0 amide bonds. The Morgan fingerprint density at radius 1 is 1.35 bits per heavy atom. The van der Waals surface area contributed by atoms with Gasteiger partial charge in [-0.1, -0.05) is 0 Å². The van der Waals surface area contributed by atoms with Gasteiger partial charge in [-0.15, -0.1) is 0 Å². The molecule has 0 unspecified atom stereocenters. The molecule has 1 aromatic heterocycles. The van der Waals surface area contributed by atoms with Gasteiger partial charge in [-0.3, -0.25) is 0 Å². The van der Waals surface area contributed by atoms with Crippen molar-refractivity contribution in [1.29, 1.82) is 0 Å². The van der Waals surface area contributed by atoms with Gasteiger partial charge in [0.1, 0.15) is 0 Å². The molecular formula is C14H19N3. The fourth-order valence-electron chi connectivity index (χ4n) is 2.81. The number of likely N-dealkylation sites (tertiary alicyclic amines) is 1. The molecule has 2 heterocycles. The fourth-order valence-corrected chi connectivity index (χ4v) is 2.81. The molecule has 1 saturated heterocycles. The summed E-state index contributed by atoms with van der Waals surface area (Å²) in [5, 5.41) is 1.24. The Balaban J connectivity index is 1.90. The van der Waals surface area contributed by atoms with Crippen molar-refractivity contribution in [1.82, 2.24) is 9.47 Å². The van der Waals surface area contributed by atoms with Crippen molar-refractivity contribution in [2.45, 2.75) is 25.4 Å². The molecule has 0 saturated carbocycles. The van der Waals surface area contributed by atoms with Gasteiger partial charge in [0, 0.05) is 35.4 Å². The Morgan fingerprint density at radius 2 is 2.24 bits per heavy atom. The minimum Gasteiger partial charge on any atom is -0.399 e. The molecule has 3 nitrogen and oxygen atoms in total. The third kappa shape index (κ3) is 1.91. The van der Waals surface area contributed by atoms with Gasteiger partial charge in [0.2, 0.25) is 0 Å². The van der Waals surface area contributed by atoms with Crippen LogP contribution in [0.4, 0.5) is 5.69 Å². The zero-order valence-corrected chi connectivity index (χ0v) is 10.3. The molecule has 1 aromatic carbocycles. The number of hydrogen-bond donors (Lipinski definition) is 1. The predicted molar refractivity (Wildman–Crippen MR) is 72.0 cm³/mol. The Labute approximate surface area is 102 Å². The van der Waals surface area contributed by atoms with Crippen LogP contribution in [0.3, 0.4) is 0 Å². The molecule has 2 N–H and O–H groups in total. The maximum atomic E-state index is 5.80. The molecule has 1 fully saturated rings. The van der Waals surface area contributed by atoms with Gasteiger partial charge < -0.3 is 15.2 Å². The SMILES string of the molecule is CN1CCC[C@H]1Cn1ccc2cc(N)ccc21. The summed E-state index contributed by atoms with van der Waals surface area (Å²) < 4.78 is 2.35. The maximum absolute atomic E-state index is 5.80. The lowest BCUT2D eigenvalue weighted by molar-refractivity contribution is 0.284. The predicted octanol–water partition coefficient (Wildman–Crippen LogP) is 2.32. The van der Waals surface area contributed by atoms with Crippen LogP contribution >= 0.6 is 0 Å². The van der Waals surface area contributed by atoms with E-state index in [1.807, 2.05) is 12.1 Å². The molecule has 17 heavy (non-hydrogen) atoms. The highest BCUT2D eigenvalue weighted by atomic mass is 15.2. The third-order valence-electron chi connectivity index (χ3n) is 3.87. The minimum absolute atomic E-state index is 0.683. The van der Waals surface area contributed by atoms with E-state index < -0.39 is 0 Å². The first kappa shape index (κ1) is 10.7. The highest BCUT2D eigenvalue weighted by Gasteiger charge is 2.21. The standard InChI is InChI=1S/C14H19N3/c1-16-7-2-3-13(16)10-17-8-6-11-9-12(15)4-5-14(11)17/h4-6,8-9,13H,2-3,7,10,15H2,1H3/t13-/m0/s1. The van der Waals surface area contributed by atoms with Crippen molar-refractivity contribution in [3.05, 3.63) is 30.5 Å². The fraction of sp³-hybridized carbons (Fsp3) is 0.429. The molecule has 0 bridgehead atoms. The van der Waals surface area contributed by atoms with Gasteiger partial charge in [0.25, 0.3) is 0 Å². The van der Waals surface area contributed by atoms with Crippen LogP contribution in [0, 0.1) is 0 Å². The summed E-state index contributed by atoms with van der Waals surface area (Å²) in [6.45, 7) is 2.32. The number of aromatic nitrogens is 1. The van der Waals surface area contributed by atoms with Crippen LogP contribution in [0.2, 0.25) is 0 Å². The van der Waals surface area contributed by atoms with E-state index in [1.54, 1.807) is 0 Å². The smallest absolute Gasteiger partial charge is 0.0482 e. The monoisotopic (exact) mass is 229 g/mol. The zero-order chi connectivity index (χ0) is 11.8. The van der Waals surface area contributed by atoms with Crippen LogP contribution in [0.5, 0.6) is 0 Å². The summed E-state index contributed by atoms with van der Waals surface area (Å²) in [7, 11) is 2.22. The van der Waals surface area contributed by atoms with Crippen LogP contribution in [-0.2, 0) is 6.54 Å². The largest absolute Gasteiger partial charge is 0.399 e. The van der Waals surface area contributed by atoms with E-state index >= 15 is 0 Å². The second-order valence-corrected chi connectivity index (χ2v) is 5.06. The molecule has 1 aliphatic rings. The van der Waals surface area contributed by atoms with E-state index in [4.69, 9.17) is 5.73 Å². The molecule has 0 spiro atoms. The first-order chi connectivity index (χ1) is 8.24. The Bertz CT molecular complexity index is 529. The number of hydrogen-bond acceptors (Lipinski definition) is 2. The van der Waals surface area contributed by atoms with Crippen LogP contribution in [0.25, 0.3) is 10.9 Å². The Hall–Kier alpha value is -1.48. The number of rotatable bonds is 2. The van der Waals surface area contributed by atoms with Crippen molar-refractivity contribution in [2.24, 2.45) is 0 Å². The molecule has 1 aliphatic heterocycles. The average molecular weight is 229 g/mol. The quantitative estimate of drug-likeness (QED) is 0.802. The number of fused-ring (bicyclic) bond motifs is 1. The first-order valence-electron chi connectivity index (χ1n) is 6.28. The van der Waals surface area contributed by atoms with E-state index in [9.17, 15) is 0 Å². The number of nitrogens with two attached hydrogens (primary N) is 1. The van der Waals surface area contributed by atoms with Crippen molar-refractivity contribution in [2.75, 3.05) is 19.3 Å². The number of likely N-dealkylation sites (N-methyl/N-ethyl adjacent to an activating group) is 1. The van der Waals surface area contributed by atoms with Gasteiger partial charge in [-0.2, -0.15) is 0 Å². The minimum atomic E-state index is 0.683. The van der Waals surface area contributed by atoms with Gasteiger partial charge in [0.15, 0.2) is 0 Å². The highest BCUT2D eigenvalue weighted by molar-refractivity contribution is 5.83. The molecule has 0 aliphatic carbocycles. The van der Waals surface area contributed by atoms with Crippen LogP contribution < -0.4 is 5.73 Å². The van der Waals surface area contributed by atoms with E-state index in [2.05, 4.69) is 34.8 Å². The van der Waals surface area contributed by atoms with Crippen LogP contribution in [0.1, 0.15) is 12.8 Å². The number of benzene rings is 1. The normalized spacial score (nSPS) is 21.4. The summed E-state index contributed by atoms with van der Waals surface area (Å²) in [4.78, 5) is 2.46. The maximum Gasteiger partial charge on any atom is 0.0482 e. The number of anilines is 1. The van der Waals surface area contributed by atoms with E-state index in [0.717, 1.165) is 12.2 Å². The lowest BCUT2D eigenvalue weighted by atomic mass is 10.2. The van der Waals surface area contributed by atoms with E-state index in [0.29, 0.717) is 6.04 Å². The van der Waals surface area contributed by atoms with Gasteiger partial charge in [-0.25, -0.2) is 0 Å². The summed E-state index contributed by atoms with van der Waals surface area (Å²) in [5.74, 6) is 0. The van der Waals surface area contributed by atoms with E-state index in [1.165, 1.54) is 30.3 Å². The summed E-state index contributed by atoms with van der Waals surface area (Å²) in [6, 6.07) is 8.99. The molecule has 3 heteroatoms. The molecule has 3 rings (SSSR count). The van der Waals surface area contributed by atoms with Crippen LogP contribution in [-0.4, -0.2) is 29.1 Å². The zero-order valence-electron chi connectivity index (χ0n) is 10.3. The lowest BCUT2D eigenvalue weighted by Gasteiger charge is -2.20.